The Balaban J connectivity index is 2.05. The molecule has 3 N–H and O–H groups in total. The number of nitrogens with zero attached hydrogens (tertiary/aromatic N) is 2. The molecule has 0 amide bonds. The van der Waals surface area contributed by atoms with Gasteiger partial charge in [0.15, 0.2) is 5.82 Å². The van der Waals surface area contributed by atoms with Gasteiger partial charge in [-0.3, -0.25) is 4.79 Å². The molecule has 1 aromatic rings. The van der Waals surface area contributed by atoms with Crippen molar-refractivity contribution in [3.05, 3.63) is 11.7 Å². The fraction of sp³-hybridized carbons (Fsp3) is 0.750. The number of hydrogen-bond acceptors (Lipinski definition) is 5. The first-order chi connectivity index (χ1) is 8.60. The highest BCUT2D eigenvalue weighted by Crippen LogP contribution is 2.31. The Morgan fingerprint density at radius 1 is 1.33 bits per heavy atom. The summed E-state index contributed by atoms with van der Waals surface area (Å²) >= 11 is 0. The molecule has 1 fully saturated rings. The number of rotatable bonds is 4. The van der Waals surface area contributed by atoms with Crippen molar-refractivity contribution in [2.75, 3.05) is 0 Å². The molecule has 0 aliphatic heterocycles. The lowest BCUT2D eigenvalue weighted by atomic mass is 9.91. The average molecular weight is 253 g/mol. The van der Waals surface area contributed by atoms with Crippen molar-refractivity contribution in [3.8, 4) is 0 Å². The highest BCUT2D eigenvalue weighted by atomic mass is 16.5. The topological polar surface area (TPSA) is 102 Å². The van der Waals surface area contributed by atoms with Gasteiger partial charge < -0.3 is 15.4 Å². The van der Waals surface area contributed by atoms with Crippen molar-refractivity contribution < 1.29 is 14.4 Å². The number of aromatic nitrogens is 2. The van der Waals surface area contributed by atoms with Gasteiger partial charge in [0.05, 0.1) is 12.0 Å². The summed E-state index contributed by atoms with van der Waals surface area (Å²) < 4.78 is 5.07. The Morgan fingerprint density at radius 3 is 2.61 bits per heavy atom. The van der Waals surface area contributed by atoms with E-state index in [1.807, 2.05) is 0 Å². The van der Waals surface area contributed by atoms with E-state index < -0.39 is 11.5 Å². The Bertz CT molecular complexity index is 408. The third-order valence-corrected chi connectivity index (χ3v) is 3.46. The van der Waals surface area contributed by atoms with E-state index in [-0.39, 0.29) is 12.8 Å². The third kappa shape index (κ3) is 3.07. The van der Waals surface area contributed by atoms with Gasteiger partial charge in [-0.1, -0.05) is 30.8 Å². The molecule has 1 aliphatic carbocycles. The Morgan fingerprint density at radius 2 is 2.00 bits per heavy atom. The molecule has 0 aromatic carbocycles. The largest absolute Gasteiger partial charge is 0.481 e. The molecule has 0 spiro atoms. The van der Waals surface area contributed by atoms with Gasteiger partial charge in [0.2, 0.25) is 5.89 Å². The Kier molecular flexibility index (Phi) is 3.96. The quantitative estimate of drug-likeness (QED) is 0.790. The van der Waals surface area contributed by atoms with Gasteiger partial charge in [-0.15, -0.1) is 0 Å². The second-order valence-corrected chi connectivity index (χ2v) is 4.98. The summed E-state index contributed by atoms with van der Waals surface area (Å²) in [4.78, 5) is 14.7. The number of hydrogen-bond donors (Lipinski definition) is 2. The molecule has 0 bridgehead atoms. The number of nitrogens with two attached hydrogens (primary N) is 1. The van der Waals surface area contributed by atoms with Crippen LogP contribution in [0.2, 0.25) is 0 Å². The molecule has 0 saturated heterocycles. The van der Waals surface area contributed by atoms with Crippen molar-refractivity contribution in [1.82, 2.24) is 10.1 Å². The van der Waals surface area contributed by atoms with Gasteiger partial charge in [0.25, 0.3) is 0 Å². The van der Waals surface area contributed by atoms with Gasteiger partial charge in [0.1, 0.15) is 0 Å². The van der Waals surface area contributed by atoms with Gasteiger partial charge in [0, 0.05) is 6.42 Å². The van der Waals surface area contributed by atoms with E-state index in [0.717, 1.165) is 25.7 Å². The minimum absolute atomic E-state index is 0.000789. The third-order valence-electron chi connectivity index (χ3n) is 3.46. The molecule has 0 unspecified atom stereocenters. The molecule has 1 aliphatic rings. The highest BCUT2D eigenvalue weighted by molar-refractivity contribution is 5.66. The van der Waals surface area contributed by atoms with Crippen molar-refractivity contribution in [1.29, 1.82) is 0 Å². The summed E-state index contributed by atoms with van der Waals surface area (Å²) in [7, 11) is 0. The zero-order valence-corrected chi connectivity index (χ0v) is 10.4. The van der Waals surface area contributed by atoms with Crippen molar-refractivity contribution in [2.24, 2.45) is 5.73 Å². The number of carboxylic acid groups (broad SMARTS) is 1. The Labute approximate surface area is 106 Å². The van der Waals surface area contributed by atoms with E-state index in [9.17, 15) is 4.79 Å². The molecule has 18 heavy (non-hydrogen) atoms. The molecule has 6 heteroatoms. The maximum atomic E-state index is 10.5. The first kappa shape index (κ1) is 13.0. The van der Waals surface area contributed by atoms with Crippen LogP contribution in [0.1, 0.15) is 56.7 Å². The maximum Gasteiger partial charge on any atom is 0.303 e. The summed E-state index contributed by atoms with van der Waals surface area (Å²) in [6.07, 6.45) is 6.55. The molecule has 1 heterocycles. The van der Waals surface area contributed by atoms with Crippen molar-refractivity contribution in [2.45, 2.75) is 56.9 Å². The smallest absolute Gasteiger partial charge is 0.303 e. The maximum absolute atomic E-state index is 10.5. The number of aryl methyl sites for hydroxylation is 1. The van der Waals surface area contributed by atoms with Crippen LogP contribution in [0.15, 0.2) is 4.52 Å². The zero-order valence-electron chi connectivity index (χ0n) is 10.4. The van der Waals surface area contributed by atoms with E-state index in [4.69, 9.17) is 15.4 Å². The van der Waals surface area contributed by atoms with E-state index in [0.29, 0.717) is 11.7 Å². The number of aliphatic carboxylic acids is 1. The second kappa shape index (κ2) is 5.48. The molecule has 2 rings (SSSR count). The predicted octanol–water partition coefficient (Wildman–Crippen LogP) is 1.59. The SMILES string of the molecule is NC1(c2noc(CCC(=O)O)n2)CCCCCC1. The fourth-order valence-electron chi connectivity index (χ4n) is 2.36. The van der Waals surface area contributed by atoms with Crippen LogP contribution in [-0.2, 0) is 16.8 Å². The summed E-state index contributed by atoms with van der Waals surface area (Å²) in [5.74, 6) is 0.0259. The van der Waals surface area contributed by atoms with Crippen LogP contribution in [0.5, 0.6) is 0 Å². The molecule has 1 saturated carbocycles. The van der Waals surface area contributed by atoms with Crippen molar-refractivity contribution >= 4 is 5.97 Å². The molecular formula is C12H19N3O3. The van der Waals surface area contributed by atoms with Gasteiger partial charge >= 0.3 is 5.97 Å². The summed E-state index contributed by atoms with van der Waals surface area (Å²) in [6, 6.07) is 0. The monoisotopic (exact) mass is 253 g/mol. The summed E-state index contributed by atoms with van der Waals surface area (Å²) in [6.45, 7) is 0. The van der Waals surface area contributed by atoms with Crippen LogP contribution in [-0.4, -0.2) is 21.2 Å². The van der Waals surface area contributed by atoms with Crippen molar-refractivity contribution in [3.63, 3.8) is 0 Å². The number of carboxylic acids is 1. The van der Waals surface area contributed by atoms with Crippen LogP contribution in [0.4, 0.5) is 0 Å². The van der Waals surface area contributed by atoms with Crippen LogP contribution in [0.25, 0.3) is 0 Å². The first-order valence-electron chi connectivity index (χ1n) is 6.44. The summed E-state index contributed by atoms with van der Waals surface area (Å²) in [5.41, 5.74) is 5.85. The standard InChI is InChI=1S/C12H19N3O3/c13-12(7-3-1-2-4-8-12)11-14-9(18-15-11)5-6-10(16)17/h1-8,13H2,(H,16,17). The first-order valence-corrected chi connectivity index (χ1v) is 6.44. The van der Waals surface area contributed by atoms with E-state index in [1.165, 1.54) is 12.8 Å². The van der Waals surface area contributed by atoms with Crippen LogP contribution in [0, 0.1) is 0 Å². The fourth-order valence-corrected chi connectivity index (χ4v) is 2.36. The molecule has 100 valence electrons. The van der Waals surface area contributed by atoms with Crippen LogP contribution >= 0.6 is 0 Å². The average Bonchev–Trinajstić information content (AvgIpc) is 2.70. The zero-order chi connectivity index (χ0) is 13.0. The van der Waals surface area contributed by atoms with Crippen LogP contribution in [0.3, 0.4) is 0 Å². The van der Waals surface area contributed by atoms with Crippen LogP contribution < -0.4 is 5.73 Å². The minimum Gasteiger partial charge on any atom is -0.481 e. The summed E-state index contributed by atoms with van der Waals surface area (Å²) in [5, 5.41) is 12.5. The van der Waals surface area contributed by atoms with E-state index >= 15 is 0 Å². The molecular weight excluding hydrogens is 234 g/mol. The van der Waals surface area contributed by atoms with Gasteiger partial charge in [-0.25, -0.2) is 0 Å². The lowest BCUT2D eigenvalue weighted by Gasteiger charge is -2.23. The predicted molar refractivity (Wildman–Crippen MR) is 63.8 cm³/mol. The lowest BCUT2D eigenvalue weighted by Crippen LogP contribution is -2.37. The Hall–Kier alpha value is -1.43. The second-order valence-electron chi connectivity index (χ2n) is 4.98. The number of carbonyl (C=O) groups is 1. The van der Waals surface area contributed by atoms with Gasteiger partial charge in [-0.2, -0.15) is 4.98 Å². The lowest BCUT2D eigenvalue weighted by molar-refractivity contribution is -0.137. The molecule has 0 atom stereocenters. The molecule has 0 radical (unpaired) electrons. The normalized spacial score (nSPS) is 19.4. The van der Waals surface area contributed by atoms with E-state index in [1.54, 1.807) is 0 Å². The van der Waals surface area contributed by atoms with E-state index in [2.05, 4.69) is 10.1 Å². The molecule has 1 aromatic heterocycles. The van der Waals surface area contributed by atoms with Gasteiger partial charge in [-0.05, 0) is 12.8 Å². The highest BCUT2D eigenvalue weighted by Gasteiger charge is 2.33. The molecule has 6 nitrogen and oxygen atoms in total. The minimum atomic E-state index is -0.869.